The Morgan fingerprint density at radius 3 is 2.36 bits per heavy atom. The van der Waals surface area contributed by atoms with Gasteiger partial charge in [-0.25, -0.2) is 8.42 Å². The van der Waals surface area contributed by atoms with Crippen molar-refractivity contribution in [3.8, 4) is 0 Å². The molecule has 2 saturated carbocycles. The van der Waals surface area contributed by atoms with Gasteiger partial charge in [0.05, 0.1) is 18.1 Å². The molecule has 1 saturated heterocycles. The second kappa shape index (κ2) is 6.70. The predicted octanol–water partition coefficient (Wildman–Crippen LogP) is 1.63. The first kappa shape index (κ1) is 17.0. The summed E-state index contributed by atoms with van der Waals surface area (Å²) < 4.78 is 32.2. The quantitative estimate of drug-likeness (QED) is 0.832. The number of hydrogen-bond donors (Lipinski definition) is 1. The third-order valence-electron chi connectivity index (χ3n) is 5.26. The molecule has 0 bridgehead atoms. The molecule has 1 aliphatic heterocycles. The lowest BCUT2D eigenvalue weighted by Gasteiger charge is -2.26. The summed E-state index contributed by atoms with van der Waals surface area (Å²) in [7, 11) is -3.58. The van der Waals surface area contributed by atoms with Gasteiger partial charge in [0.25, 0.3) is 5.91 Å². The van der Waals surface area contributed by atoms with Gasteiger partial charge in [-0.05, 0) is 55.7 Å². The Morgan fingerprint density at radius 2 is 1.76 bits per heavy atom. The van der Waals surface area contributed by atoms with Crippen molar-refractivity contribution in [1.29, 1.82) is 0 Å². The van der Waals surface area contributed by atoms with Crippen LogP contribution in [0.15, 0.2) is 29.2 Å². The molecule has 0 aromatic heterocycles. The summed E-state index contributed by atoms with van der Waals surface area (Å²) in [6.07, 6.45) is 4.75. The maximum absolute atomic E-state index is 12.8. The number of nitrogens with one attached hydrogen (secondary N) is 1. The predicted molar refractivity (Wildman–Crippen MR) is 92.7 cm³/mol. The maximum atomic E-state index is 12.8. The van der Waals surface area contributed by atoms with Gasteiger partial charge in [-0.2, -0.15) is 4.31 Å². The van der Waals surface area contributed by atoms with Gasteiger partial charge in [-0.3, -0.25) is 4.79 Å². The normalized spacial score (nSPS) is 22.1. The highest BCUT2D eigenvalue weighted by Gasteiger charge is 2.42. The van der Waals surface area contributed by atoms with Gasteiger partial charge in [-0.15, -0.1) is 0 Å². The summed E-state index contributed by atoms with van der Waals surface area (Å²) in [5.41, 5.74) is 0.417. The van der Waals surface area contributed by atoms with Crippen LogP contribution in [0, 0.1) is 11.8 Å². The van der Waals surface area contributed by atoms with Gasteiger partial charge >= 0.3 is 0 Å². The molecule has 6 nitrogen and oxygen atoms in total. The van der Waals surface area contributed by atoms with Crippen LogP contribution in [-0.2, 0) is 14.8 Å². The van der Waals surface area contributed by atoms with E-state index in [0.29, 0.717) is 43.7 Å². The van der Waals surface area contributed by atoms with Gasteiger partial charge in [0.1, 0.15) is 0 Å². The molecule has 2 aliphatic carbocycles. The molecule has 1 aromatic carbocycles. The fourth-order valence-electron chi connectivity index (χ4n) is 3.50. The van der Waals surface area contributed by atoms with Gasteiger partial charge in [0.15, 0.2) is 0 Å². The Morgan fingerprint density at radius 1 is 1.12 bits per heavy atom. The van der Waals surface area contributed by atoms with Crippen molar-refractivity contribution in [3.05, 3.63) is 29.8 Å². The summed E-state index contributed by atoms with van der Waals surface area (Å²) in [5, 5.41) is 3.15. The molecular formula is C18H24N2O4S. The van der Waals surface area contributed by atoms with E-state index in [1.165, 1.54) is 36.1 Å². The highest BCUT2D eigenvalue weighted by Crippen LogP contribution is 2.44. The number of morpholine rings is 1. The largest absolute Gasteiger partial charge is 0.379 e. The minimum Gasteiger partial charge on any atom is -0.379 e. The van der Waals surface area contributed by atoms with Crippen LogP contribution in [0.4, 0.5) is 0 Å². The summed E-state index contributed by atoms with van der Waals surface area (Å²) in [5.74, 6) is 1.05. The smallest absolute Gasteiger partial charge is 0.251 e. The van der Waals surface area contributed by atoms with Crippen molar-refractivity contribution in [3.63, 3.8) is 0 Å². The van der Waals surface area contributed by atoms with Crippen LogP contribution < -0.4 is 5.32 Å². The summed E-state index contributed by atoms with van der Waals surface area (Å²) in [6.45, 7) is 1.52. The number of rotatable bonds is 6. The molecule has 25 heavy (non-hydrogen) atoms. The van der Waals surface area contributed by atoms with Crippen molar-refractivity contribution in [2.75, 3.05) is 26.3 Å². The van der Waals surface area contributed by atoms with E-state index in [-0.39, 0.29) is 16.8 Å². The molecule has 136 valence electrons. The van der Waals surface area contributed by atoms with Gasteiger partial charge in [-0.1, -0.05) is 6.07 Å². The van der Waals surface area contributed by atoms with E-state index in [0.717, 1.165) is 0 Å². The first-order valence-electron chi connectivity index (χ1n) is 9.04. The minimum atomic E-state index is -3.58. The van der Waals surface area contributed by atoms with E-state index in [2.05, 4.69) is 5.32 Å². The van der Waals surface area contributed by atoms with Gasteiger partial charge in [0.2, 0.25) is 10.0 Å². The second-order valence-electron chi connectivity index (χ2n) is 7.22. The standard InChI is InChI=1S/C18H24N2O4S/c21-18(19-17(13-4-5-13)14-6-7-14)15-2-1-3-16(12-15)25(22,23)20-8-10-24-11-9-20/h1-3,12-14,17H,4-11H2,(H,19,21). The zero-order chi connectivity index (χ0) is 17.4. The fourth-order valence-corrected chi connectivity index (χ4v) is 4.95. The number of nitrogens with zero attached hydrogens (tertiary/aromatic N) is 1. The third kappa shape index (κ3) is 3.73. The zero-order valence-corrected chi connectivity index (χ0v) is 15.0. The number of benzene rings is 1. The molecular weight excluding hydrogens is 340 g/mol. The number of ether oxygens (including phenoxy) is 1. The molecule has 0 atom stereocenters. The molecule has 3 fully saturated rings. The monoisotopic (exact) mass is 364 g/mol. The van der Waals surface area contributed by atoms with Crippen molar-refractivity contribution < 1.29 is 17.9 Å². The highest BCUT2D eigenvalue weighted by atomic mass is 32.2. The van der Waals surface area contributed by atoms with E-state index in [1.54, 1.807) is 18.2 Å². The Balaban J connectivity index is 1.51. The third-order valence-corrected chi connectivity index (χ3v) is 7.16. The summed E-state index contributed by atoms with van der Waals surface area (Å²) in [6, 6.07) is 6.64. The number of hydrogen-bond acceptors (Lipinski definition) is 4. The van der Waals surface area contributed by atoms with E-state index in [4.69, 9.17) is 4.74 Å². The first-order chi connectivity index (χ1) is 12.1. The Labute approximate surface area is 148 Å². The van der Waals surface area contributed by atoms with Crippen LogP contribution >= 0.6 is 0 Å². The average Bonchev–Trinajstić information content (AvgIpc) is 3.54. The van der Waals surface area contributed by atoms with Crippen molar-refractivity contribution in [2.24, 2.45) is 11.8 Å². The molecule has 0 radical (unpaired) electrons. The second-order valence-corrected chi connectivity index (χ2v) is 9.16. The van der Waals surface area contributed by atoms with Crippen LogP contribution in [0.1, 0.15) is 36.0 Å². The Kier molecular flexibility index (Phi) is 4.56. The van der Waals surface area contributed by atoms with Crippen molar-refractivity contribution >= 4 is 15.9 Å². The molecule has 1 aromatic rings. The number of amides is 1. The molecule has 3 aliphatic rings. The average molecular weight is 364 g/mol. The lowest BCUT2D eigenvalue weighted by Crippen LogP contribution is -2.41. The fraction of sp³-hybridized carbons (Fsp3) is 0.611. The van der Waals surface area contributed by atoms with Crippen LogP contribution in [0.5, 0.6) is 0 Å². The Bertz CT molecular complexity index is 738. The zero-order valence-electron chi connectivity index (χ0n) is 14.2. The molecule has 1 amide bonds. The van der Waals surface area contributed by atoms with Crippen molar-refractivity contribution in [1.82, 2.24) is 9.62 Å². The molecule has 1 N–H and O–H groups in total. The molecule has 4 rings (SSSR count). The Hall–Kier alpha value is -1.44. The molecule has 1 heterocycles. The van der Waals surface area contributed by atoms with Crippen LogP contribution in [-0.4, -0.2) is 51.0 Å². The molecule has 7 heteroatoms. The SMILES string of the molecule is O=C(NC(C1CC1)C1CC1)c1cccc(S(=O)(=O)N2CCOCC2)c1. The van der Waals surface area contributed by atoms with E-state index in [9.17, 15) is 13.2 Å². The minimum absolute atomic E-state index is 0.164. The lowest BCUT2D eigenvalue weighted by atomic mass is 10.1. The van der Waals surface area contributed by atoms with Crippen molar-refractivity contribution in [2.45, 2.75) is 36.6 Å². The summed E-state index contributed by atoms with van der Waals surface area (Å²) >= 11 is 0. The maximum Gasteiger partial charge on any atom is 0.251 e. The lowest BCUT2D eigenvalue weighted by molar-refractivity contribution is 0.0730. The van der Waals surface area contributed by atoms with Crippen LogP contribution in [0.3, 0.4) is 0 Å². The van der Waals surface area contributed by atoms with E-state index >= 15 is 0 Å². The van der Waals surface area contributed by atoms with Crippen LogP contribution in [0.2, 0.25) is 0 Å². The summed E-state index contributed by atoms with van der Waals surface area (Å²) in [4.78, 5) is 12.8. The highest BCUT2D eigenvalue weighted by molar-refractivity contribution is 7.89. The molecule has 0 spiro atoms. The van der Waals surface area contributed by atoms with Crippen LogP contribution in [0.25, 0.3) is 0 Å². The number of carbonyl (C=O) groups is 1. The molecule has 0 unspecified atom stereocenters. The van der Waals surface area contributed by atoms with E-state index in [1.807, 2.05) is 0 Å². The first-order valence-corrected chi connectivity index (χ1v) is 10.5. The number of sulfonamides is 1. The van der Waals surface area contributed by atoms with Gasteiger partial charge in [0, 0.05) is 24.7 Å². The van der Waals surface area contributed by atoms with Gasteiger partial charge < -0.3 is 10.1 Å². The number of carbonyl (C=O) groups excluding carboxylic acids is 1. The van der Waals surface area contributed by atoms with E-state index < -0.39 is 10.0 Å². The topological polar surface area (TPSA) is 75.7 Å².